The van der Waals surface area contributed by atoms with E-state index < -0.39 is 0 Å². The first-order valence-electron chi connectivity index (χ1n) is 17.1. The van der Waals surface area contributed by atoms with Crippen LogP contribution in [-0.2, 0) is 5.41 Å². The molecule has 6 rings (SSSR count). The Balaban J connectivity index is 1.37. The lowest BCUT2D eigenvalue weighted by atomic mass is 9.88. The molecule has 4 heteroatoms. The molecule has 6 aromatic rings. The SMILES string of the molecule is C/C=C\C=C(/CC)C(=N)CC(N=Cc1ccccc1)c1cccc(-c2ccc(-c3cc(C(C)(C)C)nc4c3ccc3cccnc34)cc2)c1. The number of nitrogens with zero attached hydrogens (tertiary/aromatic N) is 3. The maximum atomic E-state index is 8.98. The first-order chi connectivity index (χ1) is 23.7. The lowest BCUT2D eigenvalue weighted by Crippen LogP contribution is -2.14. The number of fused-ring (bicyclic) bond motifs is 3. The van der Waals surface area contributed by atoms with Crippen LogP contribution in [0.5, 0.6) is 0 Å². The molecule has 0 saturated heterocycles. The molecule has 0 fully saturated rings. The molecule has 1 unspecified atom stereocenters. The monoisotopic (exact) mass is 640 g/mol. The second-order valence-electron chi connectivity index (χ2n) is 13.5. The number of pyridine rings is 2. The van der Waals surface area contributed by atoms with E-state index >= 15 is 0 Å². The highest BCUT2D eigenvalue weighted by Crippen LogP contribution is 2.36. The van der Waals surface area contributed by atoms with Crippen LogP contribution >= 0.6 is 0 Å². The summed E-state index contributed by atoms with van der Waals surface area (Å²) >= 11 is 0. The van der Waals surface area contributed by atoms with E-state index in [4.69, 9.17) is 20.4 Å². The summed E-state index contributed by atoms with van der Waals surface area (Å²) in [5.74, 6) is 0. The van der Waals surface area contributed by atoms with E-state index in [0.717, 1.165) is 72.9 Å². The number of benzene rings is 4. The molecule has 0 saturated carbocycles. The van der Waals surface area contributed by atoms with Crippen LogP contribution in [0.1, 0.15) is 70.3 Å². The van der Waals surface area contributed by atoms with Crippen molar-refractivity contribution in [2.45, 2.75) is 58.9 Å². The van der Waals surface area contributed by atoms with Crippen LogP contribution in [0.4, 0.5) is 0 Å². The Morgan fingerprint density at radius 2 is 1.59 bits per heavy atom. The van der Waals surface area contributed by atoms with Gasteiger partial charge < -0.3 is 5.41 Å². The van der Waals surface area contributed by atoms with Crippen molar-refractivity contribution in [3.05, 3.63) is 156 Å². The van der Waals surface area contributed by atoms with Crippen molar-refractivity contribution < 1.29 is 0 Å². The van der Waals surface area contributed by atoms with Crippen molar-refractivity contribution >= 4 is 33.7 Å². The Kier molecular flexibility index (Phi) is 10.1. The molecule has 244 valence electrons. The van der Waals surface area contributed by atoms with Crippen LogP contribution in [0.3, 0.4) is 0 Å². The Morgan fingerprint density at radius 1 is 0.816 bits per heavy atom. The summed E-state index contributed by atoms with van der Waals surface area (Å²) in [7, 11) is 0. The Morgan fingerprint density at radius 3 is 2.33 bits per heavy atom. The van der Waals surface area contributed by atoms with Gasteiger partial charge in [-0.25, -0.2) is 4.98 Å². The molecule has 0 radical (unpaired) electrons. The van der Waals surface area contributed by atoms with Gasteiger partial charge in [-0.1, -0.05) is 137 Å². The topological polar surface area (TPSA) is 62.0 Å². The minimum absolute atomic E-state index is 0.115. The maximum Gasteiger partial charge on any atom is 0.0974 e. The third-order valence-corrected chi connectivity index (χ3v) is 8.98. The molecule has 49 heavy (non-hydrogen) atoms. The number of nitrogens with one attached hydrogen (secondary N) is 1. The summed E-state index contributed by atoms with van der Waals surface area (Å²) in [6.45, 7) is 10.7. The van der Waals surface area contributed by atoms with Gasteiger partial charge in [-0.3, -0.25) is 9.98 Å². The highest BCUT2D eigenvalue weighted by atomic mass is 14.8. The number of hydrogen-bond acceptors (Lipinski definition) is 4. The molecule has 1 N–H and O–H groups in total. The quantitative estimate of drug-likeness (QED) is 0.0920. The normalized spacial score (nSPS) is 13.1. The average Bonchev–Trinajstić information content (AvgIpc) is 3.13. The molecule has 4 aromatic carbocycles. The third kappa shape index (κ3) is 7.65. The van der Waals surface area contributed by atoms with Crippen LogP contribution in [0.2, 0.25) is 0 Å². The zero-order valence-corrected chi connectivity index (χ0v) is 29.1. The number of aromatic nitrogens is 2. The predicted molar refractivity (Wildman–Crippen MR) is 209 cm³/mol. The zero-order chi connectivity index (χ0) is 34.4. The van der Waals surface area contributed by atoms with Crippen molar-refractivity contribution in [3.8, 4) is 22.3 Å². The van der Waals surface area contributed by atoms with Gasteiger partial charge in [-0.2, -0.15) is 0 Å². The second kappa shape index (κ2) is 14.7. The molecule has 0 aliphatic rings. The molecular weight excluding hydrogens is 597 g/mol. The van der Waals surface area contributed by atoms with E-state index in [1.54, 1.807) is 0 Å². The number of allylic oxidation sites excluding steroid dienone is 4. The molecule has 1 atom stereocenters. The van der Waals surface area contributed by atoms with Gasteiger partial charge in [0.15, 0.2) is 0 Å². The van der Waals surface area contributed by atoms with Crippen LogP contribution < -0.4 is 0 Å². The van der Waals surface area contributed by atoms with E-state index in [1.165, 1.54) is 0 Å². The van der Waals surface area contributed by atoms with E-state index in [1.807, 2.05) is 61.8 Å². The highest BCUT2D eigenvalue weighted by Gasteiger charge is 2.20. The van der Waals surface area contributed by atoms with Gasteiger partial charge in [-0.15, -0.1) is 0 Å². The fraction of sp³-hybridized carbons (Fsp3) is 0.200. The zero-order valence-electron chi connectivity index (χ0n) is 29.1. The fourth-order valence-corrected chi connectivity index (χ4v) is 6.16. The molecule has 0 aliphatic carbocycles. The Bertz CT molecular complexity index is 2180. The van der Waals surface area contributed by atoms with E-state index in [9.17, 15) is 0 Å². The lowest BCUT2D eigenvalue weighted by molar-refractivity contribution is 0.572. The fourth-order valence-electron chi connectivity index (χ4n) is 6.16. The lowest BCUT2D eigenvalue weighted by Gasteiger charge is -2.21. The third-order valence-electron chi connectivity index (χ3n) is 8.98. The Labute approximate surface area is 290 Å². The molecule has 4 nitrogen and oxygen atoms in total. The smallest absolute Gasteiger partial charge is 0.0974 e. The summed E-state index contributed by atoms with van der Waals surface area (Å²) in [4.78, 5) is 14.9. The van der Waals surface area contributed by atoms with Gasteiger partial charge in [0.05, 0.1) is 17.1 Å². The highest BCUT2D eigenvalue weighted by molar-refractivity contribution is 6.08. The molecule has 0 aliphatic heterocycles. The van der Waals surface area contributed by atoms with Crippen LogP contribution in [0.15, 0.2) is 144 Å². The summed E-state index contributed by atoms with van der Waals surface area (Å²) in [5.41, 5.74) is 11.2. The maximum absolute atomic E-state index is 8.98. The molecular formula is C45H44N4. The minimum atomic E-state index is -0.185. The van der Waals surface area contributed by atoms with Crippen molar-refractivity contribution in [1.82, 2.24) is 9.97 Å². The van der Waals surface area contributed by atoms with Crippen LogP contribution in [-0.4, -0.2) is 21.9 Å². The number of aliphatic imine (C=N–C) groups is 1. The van der Waals surface area contributed by atoms with Gasteiger partial charge in [0.1, 0.15) is 0 Å². The van der Waals surface area contributed by atoms with Gasteiger partial charge in [0, 0.05) is 46.4 Å². The Hall–Kier alpha value is -5.48. The summed E-state index contributed by atoms with van der Waals surface area (Å²) in [5, 5.41) is 11.2. The molecule has 0 bridgehead atoms. The molecule has 0 amide bonds. The predicted octanol–water partition coefficient (Wildman–Crippen LogP) is 11.9. The van der Waals surface area contributed by atoms with E-state index in [2.05, 4.69) is 113 Å². The first-order valence-corrected chi connectivity index (χ1v) is 17.1. The number of hydrogen-bond donors (Lipinski definition) is 1. The van der Waals surface area contributed by atoms with E-state index in [0.29, 0.717) is 12.1 Å². The minimum Gasteiger partial charge on any atom is -0.305 e. The van der Waals surface area contributed by atoms with Gasteiger partial charge >= 0.3 is 0 Å². The summed E-state index contributed by atoms with van der Waals surface area (Å²) in [6, 6.07) is 38.1. The molecule has 0 spiro atoms. The average molecular weight is 641 g/mol. The summed E-state index contributed by atoms with van der Waals surface area (Å²) < 4.78 is 0. The standard InChI is InChI=1S/C45H44N4/c1-6-8-16-32(7-2)40(46)29-41(48-30-31-14-10-9-11-15-31)37-18-12-17-36(27-37)33-20-22-34(23-21-33)39-28-42(45(3,4)5)49-44-38(39)25-24-35-19-13-26-47-43(35)44/h6,8-28,30,41,46H,7,29H2,1-5H3/b8-6-,32-16+,46-40?,48-30?. The van der Waals surface area contributed by atoms with Crippen molar-refractivity contribution in [3.63, 3.8) is 0 Å². The molecule has 2 aromatic heterocycles. The van der Waals surface area contributed by atoms with Crippen molar-refractivity contribution in [2.24, 2.45) is 4.99 Å². The largest absolute Gasteiger partial charge is 0.305 e. The first kappa shape index (κ1) is 33.4. The van der Waals surface area contributed by atoms with Crippen LogP contribution in [0, 0.1) is 5.41 Å². The number of rotatable bonds is 10. The van der Waals surface area contributed by atoms with Gasteiger partial charge in [-0.05, 0) is 70.5 Å². The summed E-state index contributed by atoms with van der Waals surface area (Å²) in [6.07, 6.45) is 11.2. The molecule has 2 heterocycles. The van der Waals surface area contributed by atoms with Gasteiger partial charge in [0.25, 0.3) is 0 Å². The van der Waals surface area contributed by atoms with Crippen molar-refractivity contribution in [1.29, 1.82) is 5.41 Å². The van der Waals surface area contributed by atoms with Gasteiger partial charge in [0.2, 0.25) is 0 Å². The second-order valence-corrected chi connectivity index (χ2v) is 13.5. The van der Waals surface area contributed by atoms with Crippen molar-refractivity contribution in [2.75, 3.05) is 0 Å². The van der Waals surface area contributed by atoms with Crippen LogP contribution in [0.25, 0.3) is 44.1 Å². The van der Waals surface area contributed by atoms with E-state index in [-0.39, 0.29) is 11.5 Å².